The number of hydrogen-bond donors (Lipinski definition) is 2. The average molecular weight is 374 g/mol. The van der Waals surface area contributed by atoms with Gasteiger partial charge in [0.2, 0.25) is 0 Å². The third-order valence-electron chi connectivity index (χ3n) is 8.37. The summed E-state index contributed by atoms with van der Waals surface area (Å²) in [4.78, 5) is 24.6. The molecule has 2 N–H and O–H groups in total. The Hall–Kier alpha value is -1.46. The van der Waals surface area contributed by atoms with E-state index in [-0.39, 0.29) is 40.3 Å². The van der Waals surface area contributed by atoms with E-state index in [0.29, 0.717) is 18.6 Å². The average Bonchev–Trinajstić information content (AvgIpc) is 2.71. The summed E-state index contributed by atoms with van der Waals surface area (Å²) < 4.78 is 5.40. The predicted octanol–water partition coefficient (Wildman–Crippen LogP) is 2.42. The summed E-state index contributed by atoms with van der Waals surface area (Å²) >= 11 is 0. The number of Topliss-reactive ketones (excluding diaryl/α,β-unsaturated/α-hetero) is 1. The van der Waals surface area contributed by atoms with Crippen molar-refractivity contribution >= 4 is 11.8 Å². The molecule has 0 aliphatic heterocycles. The molecule has 0 amide bonds. The topological polar surface area (TPSA) is 83.8 Å². The van der Waals surface area contributed by atoms with Crippen molar-refractivity contribution in [3.05, 3.63) is 24.3 Å². The van der Waals surface area contributed by atoms with E-state index >= 15 is 0 Å². The molecule has 8 atom stereocenters. The number of allylic oxidation sites excluding steroid dienone is 1. The fraction of sp³-hybridized carbons (Fsp3) is 0.727. The Morgan fingerprint density at radius 3 is 2.67 bits per heavy atom. The Kier molecular flexibility index (Phi) is 4.04. The Bertz CT molecular complexity index is 741. The molecule has 1 spiro atoms. The van der Waals surface area contributed by atoms with Gasteiger partial charge in [-0.1, -0.05) is 39.0 Å². The summed E-state index contributed by atoms with van der Waals surface area (Å²) in [6, 6.07) is 0. The van der Waals surface area contributed by atoms with Crippen LogP contribution in [-0.4, -0.2) is 40.8 Å². The molecule has 0 aromatic rings. The van der Waals surface area contributed by atoms with Gasteiger partial charge in [0.15, 0.2) is 5.78 Å². The van der Waals surface area contributed by atoms with Gasteiger partial charge in [-0.05, 0) is 36.2 Å². The standard InChI is InChI=1S/C22H30O5/c1-12-14-6-7-15-21(4)9-5-8-20(3,11-27-13(2)23)16(21)10-17(24)22(15,18(12)25)19(14)26/h6-7,14-17,19,24,26H,1,5,8-11H2,2-4H3/t14-,15-,16+,17+,19+,20+,21-,22-/m0/s1. The first-order valence-electron chi connectivity index (χ1n) is 10.0. The number of ether oxygens (including phenoxy) is 1. The zero-order valence-corrected chi connectivity index (χ0v) is 16.4. The van der Waals surface area contributed by atoms with Crippen LogP contribution in [0, 0.1) is 34.0 Å². The van der Waals surface area contributed by atoms with Gasteiger partial charge in [-0.15, -0.1) is 0 Å². The van der Waals surface area contributed by atoms with Gasteiger partial charge in [0.25, 0.3) is 0 Å². The lowest BCUT2D eigenvalue weighted by Gasteiger charge is -2.64. The molecule has 4 aliphatic carbocycles. The summed E-state index contributed by atoms with van der Waals surface area (Å²) in [5.41, 5.74) is -1.27. The summed E-state index contributed by atoms with van der Waals surface area (Å²) in [5.74, 6) is -1.00. The van der Waals surface area contributed by atoms with Crippen LogP contribution in [0.2, 0.25) is 0 Å². The number of esters is 1. The highest BCUT2D eigenvalue weighted by molar-refractivity contribution is 6.05. The van der Waals surface area contributed by atoms with Crippen molar-refractivity contribution < 1.29 is 24.5 Å². The van der Waals surface area contributed by atoms with Crippen LogP contribution >= 0.6 is 0 Å². The van der Waals surface area contributed by atoms with Gasteiger partial charge >= 0.3 is 5.97 Å². The molecule has 3 fully saturated rings. The first-order valence-corrected chi connectivity index (χ1v) is 10.0. The van der Waals surface area contributed by atoms with Crippen molar-refractivity contribution in [3.8, 4) is 0 Å². The number of fused-ring (bicyclic) bond motifs is 3. The fourth-order valence-electron chi connectivity index (χ4n) is 7.11. The maximum Gasteiger partial charge on any atom is 0.302 e. The van der Waals surface area contributed by atoms with Crippen LogP contribution in [0.3, 0.4) is 0 Å². The molecule has 0 aromatic heterocycles. The van der Waals surface area contributed by atoms with Crippen LogP contribution in [0.1, 0.15) is 46.5 Å². The van der Waals surface area contributed by atoms with E-state index in [2.05, 4.69) is 26.5 Å². The van der Waals surface area contributed by atoms with Gasteiger partial charge in [-0.3, -0.25) is 9.59 Å². The van der Waals surface area contributed by atoms with E-state index in [9.17, 15) is 19.8 Å². The van der Waals surface area contributed by atoms with Gasteiger partial charge in [-0.25, -0.2) is 0 Å². The molecule has 0 heterocycles. The second-order valence-electron chi connectivity index (χ2n) is 9.72. The second-order valence-corrected chi connectivity index (χ2v) is 9.72. The molecule has 3 saturated carbocycles. The highest BCUT2D eigenvalue weighted by atomic mass is 16.5. The number of hydrogen-bond acceptors (Lipinski definition) is 5. The summed E-state index contributed by atoms with van der Waals surface area (Å²) in [7, 11) is 0. The van der Waals surface area contributed by atoms with Crippen LogP contribution in [0.5, 0.6) is 0 Å². The minimum absolute atomic E-state index is 0.0961. The van der Waals surface area contributed by atoms with Crippen LogP contribution in [0.4, 0.5) is 0 Å². The quantitative estimate of drug-likeness (QED) is 0.441. The zero-order valence-electron chi connectivity index (χ0n) is 16.4. The fourth-order valence-corrected chi connectivity index (χ4v) is 7.11. The number of aliphatic hydroxyl groups is 2. The second kappa shape index (κ2) is 5.77. The maximum atomic E-state index is 13.2. The van der Waals surface area contributed by atoms with Crippen LogP contribution in [0.15, 0.2) is 24.3 Å². The molecular formula is C22H30O5. The Labute approximate surface area is 160 Å². The van der Waals surface area contributed by atoms with Gasteiger partial charge in [0.05, 0.1) is 24.2 Å². The molecule has 0 radical (unpaired) electrons. The van der Waals surface area contributed by atoms with E-state index in [1.54, 1.807) is 0 Å². The van der Waals surface area contributed by atoms with Crippen LogP contribution in [-0.2, 0) is 14.3 Å². The van der Waals surface area contributed by atoms with Crippen molar-refractivity contribution in [3.63, 3.8) is 0 Å². The van der Waals surface area contributed by atoms with Crippen molar-refractivity contribution in [2.24, 2.45) is 34.0 Å². The van der Waals surface area contributed by atoms with E-state index < -0.39 is 17.6 Å². The lowest BCUT2D eigenvalue weighted by atomic mass is 9.40. The summed E-state index contributed by atoms with van der Waals surface area (Å²) in [6.45, 7) is 9.98. The number of aliphatic hydroxyl groups excluding tert-OH is 2. The van der Waals surface area contributed by atoms with Crippen LogP contribution < -0.4 is 0 Å². The first-order chi connectivity index (χ1) is 12.6. The Morgan fingerprint density at radius 1 is 1.30 bits per heavy atom. The largest absolute Gasteiger partial charge is 0.465 e. The monoisotopic (exact) mass is 374 g/mol. The van der Waals surface area contributed by atoms with E-state index in [1.807, 2.05) is 6.08 Å². The molecule has 0 saturated heterocycles. The normalized spacial score (nSPS) is 50.9. The molecule has 0 unspecified atom stereocenters. The minimum Gasteiger partial charge on any atom is -0.465 e. The van der Waals surface area contributed by atoms with Gasteiger partial charge in [0, 0.05) is 24.2 Å². The number of ketones is 1. The van der Waals surface area contributed by atoms with Crippen LogP contribution in [0.25, 0.3) is 0 Å². The number of rotatable bonds is 2. The van der Waals surface area contributed by atoms with E-state index in [4.69, 9.17) is 4.74 Å². The van der Waals surface area contributed by atoms with Gasteiger partial charge in [-0.2, -0.15) is 0 Å². The minimum atomic E-state index is -1.18. The summed E-state index contributed by atoms with van der Waals surface area (Å²) in [5, 5.41) is 22.3. The molecule has 5 heteroatoms. The molecule has 0 aromatic carbocycles. The number of carbonyl (C=O) groups is 2. The Morgan fingerprint density at radius 2 is 2.00 bits per heavy atom. The van der Waals surface area contributed by atoms with Crippen molar-refractivity contribution in [2.75, 3.05) is 6.61 Å². The van der Waals surface area contributed by atoms with E-state index in [0.717, 1.165) is 19.3 Å². The Balaban J connectivity index is 1.80. The predicted molar refractivity (Wildman–Crippen MR) is 99.5 cm³/mol. The molecule has 27 heavy (non-hydrogen) atoms. The molecular weight excluding hydrogens is 344 g/mol. The van der Waals surface area contributed by atoms with Crippen molar-refractivity contribution in [1.82, 2.24) is 0 Å². The molecule has 4 rings (SSSR count). The third-order valence-corrected chi connectivity index (χ3v) is 8.37. The SMILES string of the molecule is C=C1C(=O)[C@@]23[C@H](O)C[C@@H]4[C@@](C)(COC(C)=O)CCC[C@@]4(C)[C@@H]2C=C[C@@H]1[C@H]3O. The summed E-state index contributed by atoms with van der Waals surface area (Å²) in [6.07, 6.45) is 5.37. The smallest absolute Gasteiger partial charge is 0.302 e. The molecule has 5 nitrogen and oxygen atoms in total. The van der Waals surface area contributed by atoms with Gasteiger partial charge in [0.1, 0.15) is 0 Å². The zero-order chi connectivity index (χ0) is 19.8. The first kappa shape index (κ1) is 18.9. The maximum absolute atomic E-state index is 13.2. The number of carbonyl (C=O) groups excluding carboxylic acids is 2. The van der Waals surface area contributed by atoms with E-state index in [1.165, 1.54) is 6.92 Å². The molecule has 4 aliphatic rings. The lowest BCUT2D eigenvalue weighted by Crippen LogP contribution is -2.66. The van der Waals surface area contributed by atoms with Gasteiger partial charge < -0.3 is 14.9 Å². The highest BCUT2D eigenvalue weighted by Gasteiger charge is 2.73. The van der Waals surface area contributed by atoms with Crippen molar-refractivity contribution in [2.45, 2.75) is 58.7 Å². The van der Waals surface area contributed by atoms with Crippen molar-refractivity contribution in [1.29, 1.82) is 0 Å². The third kappa shape index (κ3) is 2.18. The molecule has 2 bridgehead atoms. The molecule has 148 valence electrons. The highest BCUT2D eigenvalue weighted by Crippen LogP contribution is 2.69. The lowest BCUT2D eigenvalue weighted by molar-refractivity contribution is -0.211.